The molecule has 1 aliphatic heterocycles. The Kier molecular flexibility index (Phi) is 16.9. The van der Waals surface area contributed by atoms with Crippen molar-refractivity contribution < 1.29 is 23.9 Å². The van der Waals surface area contributed by atoms with Crippen LogP contribution in [0.5, 0.6) is 0 Å². The zero-order valence-corrected chi connectivity index (χ0v) is 22.5. The van der Waals surface area contributed by atoms with Crippen LogP contribution in [-0.2, 0) is 23.9 Å². The van der Waals surface area contributed by atoms with E-state index in [1.807, 2.05) is 19.9 Å². The number of hydrogen-bond donors (Lipinski definition) is 1. The van der Waals surface area contributed by atoms with Crippen LogP contribution in [0.2, 0.25) is 0 Å². The van der Waals surface area contributed by atoms with E-state index in [9.17, 15) is 14.4 Å². The summed E-state index contributed by atoms with van der Waals surface area (Å²) in [4.78, 5) is 36.0. The van der Waals surface area contributed by atoms with E-state index < -0.39 is 18.1 Å². The van der Waals surface area contributed by atoms with E-state index in [-0.39, 0.29) is 23.9 Å². The van der Waals surface area contributed by atoms with Crippen molar-refractivity contribution in [2.75, 3.05) is 0 Å². The number of ether oxygens (including phenoxy) is 2. The third-order valence-corrected chi connectivity index (χ3v) is 6.86. The minimum absolute atomic E-state index is 0.0328. The number of carbonyl (C=O) groups excluding carboxylic acids is 3. The Hall–Kier alpha value is -2.11. The van der Waals surface area contributed by atoms with Crippen LogP contribution in [0.3, 0.4) is 0 Å². The lowest BCUT2D eigenvalue weighted by Gasteiger charge is -2.37. The van der Waals surface area contributed by atoms with Crippen LogP contribution in [0.4, 0.5) is 0 Å². The predicted octanol–water partition coefficient (Wildman–Crippen LogP) is 6.43. The first kappa shape index (κ1) is 30.9. The van der Waals surface area contributed by atoms with E-state index >= 15 is 0 Å². The van der Waals surface area contributed by atoms with Crippen LogP contribution in [0.15, 0.2) is 24.3 Å². The fourth-order valence-electron chi connectivity index (χ4n) is 4.32. The second-order valence-electron chi connectivity index (χ2n) is 9.78. The molecule has 0 aliphatic carbocycles. The molecule has 0 aromatic heterocycles. The smallest absolute Gasteiger partial charge is 0.329 e. The van der Waals surface area contributed by atoms with Crippen molar-refractivity contribution in [1.82, 2.24) is 5.32 Å². The Labute approximate surface area is 213 Å². The van der Waals surface area contributed by atoms with E-state index in [2.05, 4.69) is 37.4 Å². The molecule has 6 heteroatoms. The van der Waals surface area contributed by atoms with Crippen molar-refractivity contribution in [1.29, 1.82) is 0 Å². The average Bonchev–Trinajstić information content (AvgIpc) is 2.85. The van der Waals surface area contributed by atoms with Gasteiger partial charge in [-0.2, -0.15) is 0 Å². The van der Waals surface area contributed by atoms with E-state index in [4.69, 9.17) is 9.47 Å². The molecule has 0 radical (unpaired) electrons. The lowest BCUT2D eigenvalue weighted by Crippen LogP contribution is -2.48. The molecule has 1 amide bonds. The maximum Gasteiger partial charge on any atom is 0.329 e. The van der Waals surface area contributed by atoms with E-state index in [1.54, 1.807) is 0 Å². The molecule has 1 heterocycles. The number of carbonyl (C=O) groups is 3. The monoisotopic (exact) mass is 491 g/mol. The summed E-state index contributed by atoms with van der Waals surface area (Å²) >= 11 is 0. The molecular formula is C29H49NO5. The highest BCUT2D eigenvalue weighted by Gasteiger charge is 2.43. The van der Waals surface area contributed by atoms with Gasteiger partial charge in [-0.05, 0) is 31.6 Å². The van der Waals surface area contributed by atoms with Gasteiger partial charge >= 0.3 is 11.9 Å². The van der Waals surface area contributed by atoms with Crippen LogP contribution < -0.4 is 5.32 Å². The SMILES string of the molecule is CCCCC/C=C/C/C=C/C[C@H](C[C@@H]1OC(=O)[C@H]1CCCCCC)OC(=O)[C@H](NC=O)[C@@H](C)CC. The van der Waals surface area contributed by atoms with Crippen LogP contribution in [0, 0.1) is 11.8 Å². The van der Waals surface area contributed by atoms with Crippen molar-refractivity contribution in [3.63, 3.8) is 0 Å². The van der Waals surface area contributed by atoms with E-state index in [0.717, 1.165) is 44.9 Å². The number of rotatable bonds is 21. The Morgan fingerprint density at radius 2 is 1.74 bits per heavy atom. The molecule has 5 atom stereocenters. The maximum absolute atomic E-state index is 12.9. The maximum atomic E-state index is 12.9. The number of cyclic esters (lactones) is 1. The molecule has 0 aromatic rings. The van der Waals surface area contributed by atoms with Crippen LogP contribution in [0.1, 0.15) is 111 Å². The fourth-order valence-corrected chi connectivity index (χ4v) is 4.32. The molecule has 1 aliphatic rings. The molecule has 200 valence electrons. The van der Waals surface area contributed by atoms with Gasteiger partial charge in [-0.3, -0.25) is 9.59 Å². The molecule has 35 heavy (non-hydrogen) atoms. The molecule has 1 rings (SSSR count). The topological polar surface area (TPSA) is 81.7 Å². The van der Waals surface area contributed by atoms with Gasteiger partial charge in [0, 0.05) is 12.8 Å². The average molecular weight is 492 g/mol. The summed E-state index contributed by atoms with van der Waals surface area (Å²) < 4.78 is 11.3. The Morgan fingerprint density at radius 3 is 2.40 bits per heavy atom. The molecule has 6 nitrogen and oxygen atoms in total. The third-order valence-electron chi connectivity index (χ3n) is 6.86. The molecule has 0 spiro atoms. The number of nitrogens with one attached hydrogen (secondary N) is 1. The minimum Gasteiger partial charge on any atom is -0.461 e. The van der Waals surface area contributed by atoms with Gasteiger partial charge in [0.2, 0.25) is 6.41 Å². The molecule has 0 bridgehead atoms. The van der Waals surface area contributed by atoms with Crippen molar-refractivity contribution in [3.8, 4) is 0 Å². The van der Waals surface area contributed by atoms with Gasteiger partial charge in [0.15, 0.2) is 0 Å². The summed E-state index contributed by atoms with van der Waals surface area (Å²) in [5.41, 5.74) is 0. The number of hydrogen-bond acceptors (Lipinski definition) is 5. The molecular weight excluding hydrogens is 442 g/mol. The van der Waals surface area contributed by atoms with Crippen molar-refractivity contribution >= 4 is 18.3 Å². The second kappa shape index (κ2) is 19.1. The normalized spacial score (nSPS) is 20.3. The highest BCUT2D eigenvalue weighted by Crippen LogP contribution is 2.32. The highest BCUT2D eigenvalue weighted by molar-refractivity contribution is 5.79. The first-order chi connectivity index (χ1) is 17.0. The third kappa shape index (κ3) is 12.4. The first-order valence-electron chi connectivity index (χ1n) is 13.9. The zero-order chi connectivity index (χ0) is 25.9. The summed E-state index contributed by atoms with van der Waals surface area (Å²) in [7, 11) is 0. The largest absolute Gasteiger partial charge is 0.461 e. The van der Waals surface area contributed by atoms with Crippen LogP contribution in [0.25, 0.3) is 0 Å². The first-order valence-corrected chi connectivity index (χ1v) is 13.9. The standard InChI is InChI=1S/C29H49NO5/c1-5-8-10-12-13-14-15-16-17-19-24(34-29(33)27(30-22-31)23(4)7-3)21-26-25(28(32)35-26)20-18-11-9-6-2/h13-14,16-17,22-27H,5-12,15,18-21H2,1-4H3,(H,30,31)/b14-13+,17-16+/t23-,24+,25-,26-,27+/m0/s1. The molecule has 0 unspecified atom stereocenters. The summed E-state index contributed by atoms with van der Waals surface area (Å²) in [5, 5.41) is 2.61. The molecule has 0 saturated carbocycles. The van der Waals surface area contributed by atoms with Crippen LogP contribution >= 0.6 is 0 Å². The second-order valence-corrected chi connectivity index (χ2v) is 9.78. The molecule has 1 N–H and O–H groups in total. The number of esters is 2. The fraction of sp³-hybridized carbons (Fsp3) is 0.759. The van der Waals surface area contributed by atoms with Gasteiger partial charge in [-0.15, -0.1) is 0 Å². The zero-order valence-electron chi connectivity index (χ0n) is 22.5. The predicted molar refractivity (Wildman–Crippen MR) is 141 cm³/mol. The highest BCUT2D eigenvalue weighted by atomic mass is 16.6. The van der Waals surface area contributed by atoms with Gasteiger partial charge in [-0.1, -0.05) is 96.9 Å². The lowest BCUT2D eigenvalue weighted by molar-refractivity contribution is -0.190. The van der Waals surface area contributed by atoms with E-state index in [0.29, 0.717) is 19.3 Å². The number of amides is 1. The van der Waals surface area contributed by atoms with Crippen molar-refractivity contribution in [2.45, 2.75) is 129 Å². The Bertz CT molecular complexity index is 659. The summed E-state index contributed by atoms with van der Waals surface area (Å²) in [5.74, 6) is -0.706. The van der Waals surface area contributed by atoms with Crippen molar-refractivity contribution in [2.24, 2.45) is 11.8 Å². The Balaban J connectivity index is 2.72. The Morgan fingerprint density at radius 1 is 1.03 bits per heavy atom. The summed E-state index contributed by atoms with van der Waals surface area (Å²) in [6.45, 7) is 8.27. The molecule has 1 saturated heterocycles. The minimum atomic E-state index is -0.677. The summed E-state index contributed by atoms with van der Waals surface area (Å²) in [6, 6.07) is -0.677. The lowest BCUT2D eigenvalue weighted by atomic mass is 9.87. The van der Waals surface area contributed by atoms with Gasteiger partial charge in [0.05, 0.1) is 5.92 Å². The van der Waals surface area contributed by atoms with Gasteiger partial charge in [0.1, 0.15) is 18.2 Å². The molecule has 1 fully saturated rings. The van der Waals surface area contributed by atoms with Gasteiger partial charge in [-0.25, -0.2) is 4.79 Å². The summed E-state index contributed by atoms with van der Waals surface area (Å²) in [6.07, 6.45) is 21.2. The van der Waals surface area contributed by atoms with Crippen LogP contribution in [-0.4, -0.2) is 36.6 Å². The quantitative estimate of drug-likeness (QED) is 0.0865. The molecule has 0 aromatic carbocycles. The number of unbranched alkanes of at least 4 members (excludes halogenated alkanes) is 6. The number of allylic oxidation sites excluding steroid dienone is 3. The van der Waals surface area contributed by atoms with E-state index in [1.165, 1.54) is 25.7 Å². The van der Waals surface area contributed by atoms with Crippen molar-refractivity contribution in [3.05, 3.63) is 24.3 Å². The van der Waals surface area contributed by atoms with Gasteiger partial charge < -0.3 is 14.8 Å². The van der Waals surface area contributed by atoms with Gasteiger partial charge in [0.25, 0.3) is 0 Å².